The highest BCUT2D eigenvalue weighted by atomic mass is 16.5. The fourth-order valence-corrected chi connectivity index (χ4v) is 2.00. The van der Waals surface area contributed by atoms with E-state index in [1.165, 1.54) is 7.11 Å². The van der Waals surface area contributed by atoms with Gasteiger partial charge in [0, 0.05) is 6.54 Å². The van der Waals surface area contributed by atoms with Gasteiger partial charge >= 0.3 is 0 Å². The van der Waals surface area contributed by atoms with Crippen molar-refractivity contribution in [2.24, 2.45) is 0 Å². The Labute approximate surface area is 117 Å². The number of hydrogen-bond donors (Lipinski definition) is 1. The van der Waals surface area contributed by atoms with Gasteiger partial charge in [-0.2, -0.15) is 0 Å². The van der Waals surface area contributed by atoms with Crippen molar-refractivity contribution in [1.82, 2.24) is 4.90 Å². The van der Waals surface area contributed by atoms with Crippen LogP contribution in [0.5, 0.6) is 5.75 Å². The molecule has 0 aliphatic rings. The van der Waals surface area contributed by atoms with Gasteiger partial charge in [-0.25, -0.2) is 0 Å². The Bertz CT molecular complexity index is 579. The first-order valence-electron chi connectivity index (χ1n) is 6.41. The van der Waals surface area contributed by atoms with Crippen LogP contribution in [-0.4, -0.2) is 24.5 Å². The number of hydrogen-bond acceptors (Lipinski definition) is 4. The number of rotatable bonds is 5. The van der Waals surface area contributed by atoms with Gasteiger partial charge in [-0.15, -0.1) is 0 Å². The van der Waals surface area contributed by atoms with Gasteiger partial charge in [0.25, 0.3) is 5.91 Å². The molecule has 1 amide bonds. The van der Waals surface area contributed by atoms with E-state index in [9.17, 15) is 4.79 Å². The Morgan fingerprint density at radius 3 is 2.75 bits per heavy atom. The monoisotopic (exact) mass is 274 g/mol. The van der Waals surface area contributed by atoms with E-state index in [2.05, 4.69) is 0 Å². The number of benzene rings is 1. The van der Waals surface area contributed by atoms with Crippen molar-refractivity contribution < 1.29 is 13.9 Å². The molecule has 0 bridgehead atoms. The van der Waals surface area contributed by atoms with Gasteiger partial charge in [-0.05, 0) is 31.2 Å². The lowest BCUT2D eigenvalue weighted by Crippen LogP contribution is -2.30. The lowest BCUT2D eigenvalue weighted by Gasteiger charge is -2.21. The van der Waals surface area contributed by atoms with Crippen LogP contribution in [0.1, 0.15) is 23.0 Å². The third kappa shape index (κ3) is 2.77. The normalized spacial score (nSPS) is 10.3. The number of para-hydroxylation sites is 1. The predicted molar refractivity (Wildman–Crippen MR) is 76.5 cm³/mol. The highest BCUT2D eigenvalue weighted by Crippen LogP contribution is 2.26. The number of nitrogens with two attached hydrogens (primary N) is 1. The Morgan fingerprint density at radius 1 is 1.35 bits per heavy atom. The molecule has 0 aliphatic carbocycles. The minimum Gasteiger partial charge on any atom is -0.495 e. The minimum absolute atomic E-state index is 0.139. The van der Waals surface area contributed by atoms with Gasteiger partial charge in [0.2, 0.25) is 0 Å². The van der Waals surface area contributed by atoms with Crippen LogP contribution in [0.2, 0.25) is 0 Å². The quantitative estimate of drug-likeness (QED) is 0.851. The molecule has 0 atom stereocenters. The Balaban J connectivity index is 2.24. The number of methoxy groups -OCH3 is 1. The molecule has 2 rings (SSSR count). The first kappa shape index (κ1) is 14.0. The van der Waals surface area contributed by atoms with E-state index in [1.807, 2.05) is 13.0 Å². The highest BCUT2D eigenvalue weighted by molar-refractivity contribution is 6.00. The molecule has 2 N–H and O–H groups in total. The first-order chi connectivity index (χ1) is 9.67. The van der Waals surface area contributed by atoms with Gasteiger partial charge in [0.15, 0.2) is 0 Å². The van der Waals surface area contributed by atoms with E-state index in [-0.39, 0.29) is 5.91 Å². The highest BCUT2D eigenvalue weighted by Gasteiger charge is 2.19. The van der Waals surface area contributed by atoms with Crippen molar-refractivity contribution in [3.05, 3.63) is 47.9 Å². The van der Waals surface area contributed by atoms with Crippen LogP contribution in [-0.2, 0) is 6.54 Å². The molecule has 20 heavy (non-hydrogen) atoms. The fraction of sp³-hybridized carbons (Fsp3) is 0.267. The number of nitrogens with zero attached hydrogens (tertiary/aromatic N) is 1. The number of amides is 1. The summed E-state index contributed by atoms with van der Waals surface area (Å²) in [6.07, 6.45) is 1.59. The molecular weight excluding hydrogens is 256 g/mol. The van der Waals surface area contributed by atoms with Crippen molar-refractivity contribution in [3.8, 4) is 5.75 Å². The predicted octanol–water partition coefficient (Wildman–Crippen LogP) is 2.53. The Kier molecular flexibility index (Phi) is 4.30. The number of nitrogen functional groups attached to an aromatic ring is 1. The smallest absolute Gasteiger partial charge is 0.256 e. The zero-order valence-corrected chi connectivity index (χ0v) is 11.6. The molecular formula is C15H18N2O3. The van der Waals surface area contributed by atoms with E-state index in [0.717, 1.165) is 5.76 Å². The number of carbonyl (C=O) groups excluding carboxylic acids is 1. The molecule has 106 valence electrons. The third-order valence-corrected chi connectivity index (χ3v) is 3.11. The molecule has 0 unspecified atom stereocenters. The molecule has 5 nitrogen and oxygen atoms in total. The van der Waals surface area contributed by atoms with Gasteiger partial charge in [-0.1, -0.05) is 6.07 Å². The lowest BCUT2D eigenvalue weighted by atomic mass is 10.1. The van der Waals surface area contributed by atoms with E-state index >= 15 is 0 Å². The molecule has 0 radical (unpaired) electrons. The Morgan fingerprint density at radius 2 is 2.15 bits per heavy atom. The van der Waals surface area contributed by atoms with Crippen LogP contribution < -0.4 is 10.5 Å². The molecule has 0 saturated carbocycles. The van der Waals surface area contributed by atoms with Gasteiger partial charge in [0.1, 0.15) is 11.5 Å². The molecule has 0 fully saturated rings. The molecule has 5 heteroatoms. The van der Waals surface area contributed by atoms with Crippen LogP contribution in [0.25, 0.3) is 0 Å². The van der Waals surface area contributed by atoms with Crippen LogP contribution in [0.15, 0.2) is 41.0 Å². The van der Waals surface area contributed by atoms with E-state index in [4.69, 9.17) is 14.9 Å². The van der Waals surface area contributed by atoms with E-state index in [1.54, 1.807) is 35.4 Å². The van der Waals surface area contributed by atoms with E-state index in [0.29, 0.717) is 30.1 Å². The van der Waals surface area contributed by atoms with Crippen molar-refractivity contribution in [2.75, 3.05) is 19.4 Å². The van der Waals surface area contributed by atoms with Crippen LogP contribution in [0.3, 0.4) is 0 Å². The standard InChI is InChI=1S/C15H18N2O3/c1-3-17(10-11-6-5-9-20-11)15(18)12-7-4-8-13(19-2)14(12)16/h4-9H,3,10,16H2,1-2H3. The summed E-state index contributed by atoms with van der Waals surface area (Å²) >= 11 is 0. The third-order valence-electron chi connectivity index (χ3n) is 3.11. The zero-order chi connectivity index (χ0) is 14.5. The van der Waals surface area contributed by atoms with E-state index < -0.39 is 0 Å². The molecule has 0 spiro atoms. The van der Waals surface area contributed by atoms with Crippen LogP contribution in [0, 0.1) is 0 Å². The second kappa shape index (κ2) is 6.14. The summed E-state index contributed by atoms with van der Waals surface area (Å²) in [6, 6.07) is 8.82. The molecule has 1 heterocycles. The molecule has 1 aromatic carbocycles. The largest absolute Gasteiger partial charge is 0.495 e. The van der Waals surface area contributed by atoms with Crippen LogP contribution >= 0.6 is 0 Å². The maximum Gasteiger partial charge on any atom is 0.256 e. The number of furan rings is 1. The second-order valence-corrected chi connectivity index (χ2v) is 4.32. The molecule has 2 aromatic rings. The van der Waals surface area contributed by atoms with Gasteiger partial charge in [-0.3, -0.25) is 4.79 Å². The summed E-state index contributed by atoms with van der Waals surface area (Å²) in [4.78, 5) is 14.2. The summed E-state index contributed by atoms with van der Waals surface area (Å²) in [7, 11) is 1.53. The Hall–Kier alpha value is -2.43. The van der Waals surface area contributed by atoms with Gasteiger partial charge < -0.3 is 19.8 Å². The maximum atomic E-state index is 12.5. The number of ether oxygens (including phenoxy) is 1. The van der Waals surface area contributed by atoms with Gasteiger partial charge in [0.05, 0.1) is 31.2 Å². The van der Waals surface area contributed by atoms with Crippen molar-refractivity contribution in [1.29, 1.82) is 0 Å². The average molecular weight is 274 g/mol. The molecule has 0 aliphatic heterocycles. The second-order valence-electron chi connectivity index (χ2n) is 4.32. The minimum atomic E-state index is -0.139. The summed E-state index contributed by atoms with van der Waals surface area (Å²) < 4.78 is 10.4. The summed E-state index contributed by atoms with van der Waals surface area (Å²) in [6.45, 7) is 2.90. The van der Waals surface area contributed by atoms with Crippen LogP contribution in [0.4, 0.5) is 5.69 Å². The number of carbonyl (C=O) groups is 1. The van der Waals surface area contributed by atoms with Crippen molar-refractivity contribution in [3.63, 3.8) is 0 Å². The fourth-order valence-electron chi connectivity index (χ4n) is 2.00. The lowest BCUT2D eigenvalue weighted by molar-refractivity contribution is 0.0742. The number of anilines is 1. The zero-order valence-electron chi connectivity index (χ0n) is 11.6. The maximum absolute atomic E-state index is 12.5. The summed E-state index contributed by atoms with van der Waals surface area (Å²) in [5.41, 5.74) is 6.77. The SMILES string of the molecule is CCN(Cc1ccco1)C(=O)c1cccc(OC)c1N. The van der Waals surface area contributed by atoms with Crippen molar-refractivity contribution in [2.45, 2.75) is 13.5 Å². The summed E-state index contributed by atoms with van der Waals surface area (Å²) in [5.74, 6) is 1.10. The topological polar surface area (TPSA) is 68.7 Å². The first-order valence-corrected chi connectivity index (χ1v) is 6.41. The molecule has 1 aromatic heterocycles. The van der Waals surface area contributed by atoms with Crippen molar-refractivity contribution >= 4 is 11.6 Å². The average Bonchev–Trinajstić information content (AvgIpc) is 2.97. The molecule has 0 saturated heterocycles. The summed E-state index contributed by atoms with van der Waals surface area (Å²) in [5, 5.41) is 0.